The molecule has 0 bridgehead atoms. The number of hydrogen-bond acceptors (Lipinski definition) is 4. The summed E-state index contributed by atoms with van der Waals surface area (Å²) in [5.74, 6) is 1.19. The van der Waals surface area contributed by atoms with E-state index in [4.69, 9.17) is 4.98 Å². The van der Waals surface area contributed by atoms with Crippen molar-refractivity contribution >= 4 is 23.2 Å². The number of amides is 2. The molecule has 1 saturated carbocycles. The van der Waals surface area contributed by atoms with Gasteiger partial charge in [-0.3, -0.25) is 9.59 Å². The number of likely N-dealkylation sites (tertiary alicyclic amines) is 1. The highest BCUT2D eigenvalue weighted by Gasteiger charge is 2.32. The summed E-state index contributed by atoms with van der Waals surface area (Å²) >= 11 is 1.68. The highest BCUT2D eigenvalue weighted by Crippen LogP contribution is 2.33. The molecule has 2 heterocycles. The number of carbonyl (C=O) groups is 2. The third-order valence-corrected chi connectivity index (χ3v) is 6.20. The normalized spacial score (nSPS) is 19.4. The monoisotopic (exact) mass is 349 g/mol. The van der Waals surface area contributed by atoms with Gasteiger partial charge in [-0.2, -0.15) is 0 Å². The van der Waals surface area contributed by atoms with E-state index in [0.29, 0.717) is 24.3 Å². The first-order chi connectivity index (χ1) is 11.5. The third-order valence-electron chi connectivity index (χ3n) is 5.15. The summed E-state index contributed by atoms with van der Waals surface area (Å²) in [4.78, 5) is 30.7. The summed E-state index contributed by atoms with van der Waals surface area (Å²) < 4.78 is 0. The van der Waals surface area contributed by atoms with E-state index in [1.165, 1.54) is 6.42 Å². The van der Waals surface area contributed by atoms with Crippen LogP contribution in [0.2, 0.25) is 0 Å². The van der Waals surface area contributed by atoms with Gasteiger partial charge in [-0.15, -0.1) is 11.3 Å². The fourth-order valence-corrected chi connectivity index (χ4v) is 4.22. The molecule has 0 unspecified atom stereocenters. The van der Waals surface area contributed by atoms with Crippen molar-refractivity contribution in [2.75, 3.05) is 13.1 Å². The minimum Gasteiger partial charge on any atom is -0.350 e. The summed E-state index contributed by atoms with van der Waals surface area (Å²) in [5.41, 5.74) is 0.942. The van der Waals surface area contributed by atoms with Crippen LogP contribution in [-0.2, 0) is 16.1 Å². The number of thiazole rings is 1. The summed E-state index contributed by atoms with van der Waals surface area (Å²) in [5, 5.41) is 6.11. The minimum atomic E-state index is 0.000591. The van der Waals surface area contributed by atoms with Gasteiger partial charge in [-0.05, 0) is 25.7 Å². The highest BCUT2D eigenvalue weighted by atomic mass is 32.1. The van der Waals surface area contributed by atoms with Crippen LogP contribution in [-0.4, -0.2) is 34.8 Å². The first-order valence-corrected chi connectivity index (χ1v) is 9.93. The first kappa shape index (κ1) is 17.4. The topological polar surface area (TPSA) is 62.3 Å². The molecule has 6 heteroatoms. The molecule has 3 rings (SSSR count). The van der Waals surface area contributed by atoms with Crippen LogP contribution >= 0.6 is 11.3 Å². The Labute approximate surface area is 147 Å². The average Bonchev–Trinajstić information content (AvgIpc) is 3.00. The summed E-state index contributed by atoms with van der Waals surface area (Å²) in [6.07, 6.45) is 5.38. The molecule has 5 nitrogen and oxygen atoms in total. The van der Waals surface area contributed by atoms with Crippen LogP contribution in [0.25, 0.3) is 0 Å². The van der Waals surface area contributed by atoms with E-state index in [0.717, 1.165) is 49.5 Å². The van der Waals surface area contributed by atoms with Gasteiger partial charge in [0, 0.05) is 36.2 Å². The molecular formula is C18H27N3O2S. The molecule has 2 aliphatic rings. The highest BCUT2D eigenvalue weighted by molar-refractivity contribution is 7.09. The second-order valence-corrected chi connectivity index (χ2v) is 8.17. The smallest absolute Gasteiger partial charge is 0.225 e. The van der Waals surface area contributed by atoms with Gasteiger partial charge in [-0.25, -0.2) is 4.98 Å². The molecule has 132 valence electrons. The van der Waals surface area contributed by atoms with Gasteiger partial charge in [-0.1, -0.05) is 20.3 Å². The molecule has 1 aromatic heterocycles. The van der Waals surface area contributed by atoms with Crippen molar-refractivity contribution in [1.29, 1.82) is 0 Å². The Morgan fingerprint density at radius 2 is 2.00 bits per heavy atom. The SMILES string of the molecule is CC(C)C(=O)NCc1csc(C2CCN(C(=O)C3CCC3)CC2)n1. The van der Waals surface area contributed by atoms with Gasteiger partial charge in [0.2, 0.25) is 11.8 Å². The number of rotatable bonds is 5. The zero-order chi connectivity index (χ0) is 17.1. The molecule has 2 amide bonds. The van der Waals surface area contributed by atoms with Crippen LogP contribution in [0.1, 0.15) is 62.6 Å². The van der Waals surface area contributed by atoms with Crippen molar-refractivity contribution < 1.29 is 9.59 Å². The Morgan fingerprint density at radius 3 is 2.58 bits per heavy atom. The van der Waals surface area contributed by atoms with Crippen molar-refractivity contribution in [2.24, 2.45) is 11.8 Å². The summed E-state index contributed by atoms with van der Waals surface area (Å²) in [6.45, 7) is 6.01. The Hall–Kier alpha value is -1.43. The van der Waals surface area contributed by atoms with Crippen molar-refractivity contribution in [2.45, 2.75) is 58.4 Å². The van der Waals surface area contributed by atoms with E-state index in [1.807, 2.05) is 19.2 Å². The van der Waals surface area contributed by atoms with Crippen LogP contribution in [0.3, 0.4) is 0 Å². The lowest BCUT2D eigenvalue weighted by molar-refractivity contribution is -0.139. The molecule has 1 aliphatic carbocycles. The van der Waals surface area contributed by atoms with Gasteiger partial charge in [0.15, 0.2) is 0 Å². The van der Waals surface area contributed by atoms with E-state index >= 15 is 0 Å². The van der Waals surface area contributed by atoms with Crippen LogP contribution < -0.4 is 5.32 Å². The molecule has 1 saturated heterocycles. The van der Waals surface area contributed by atoms with Crippen molar-refractivity contribution in [3.8, 4) is 0 Å². The lowest BCUT2D eigenvalue weighted by atomic mass is 9.83. The maximum Gasteiger partial charge on any atom is 0.225 e. The first-order valence-electron chi connectivity index (χ1n) is 9.05. The third kappa shape index (κ3) is 3.97. The van der Waals surface area contributed by atoms with Crippen LogP contribution in [0.4, 0.5) is 0 Å². The molecule has 0 spiro atoms. The number of nitrogens with zero attached hydrogens (tertiary/aromatic N) is 2. The predicted octanol–water partition coefficient (Wildman–Crippen LogP) is 2.92. The second kappa shape index (κ2) is 7.64. The fraction of sp³-hybridized carbons (Fsp3) is 0.722. The molecule has 1 aromatic rings. The Bertz CT molecular complexity index is 587. The maximum atomic E-state index is 12.3. The molecule has 24 heavy (non-hydrogen) atoms. The van der Waals surface area contributed by atoms with Crippen molar-refractivity contribution in [3.63, 3.8) is 0 Å². The van der Waals surface area contributed by atoms with Gasteiger partial charge < -0.3 is 10.2 Å². The standard InChI is InChI=1S/C18H27N3O2S/c1-12(2)16(22)19-10-15-11-24-17(20-15)13-6-8-21(9-7-13)18(23)14-4-3-5-14/h11-14H,3-10H2,1-2H3,(H,19,22). The molecular weight excluding hydrogens is 322 g/mol. The van der Waals surface area contributed by atoms with E-state index in [-0.39, 0.29) is 11.8 Å². The van der Waals surface area contributed by atoms with E-state index in [1.54, 1.807) is 11.3 Å². The predicted molar refractivity (Wildman–Crippen MR) is 94.7 cm³/mol. The zero-order valence-electron chi connectivity index (χ0n) is 14.6. The van der Waals surface area contributed by atoms with Gasteiger partial charge in [0.05, 0.1) is 17.2 Å². The quantitative estimate of drug-likeness (QED) is 0.889. The average molecular weight is 350 g/mol. The van der Waals surface area contributed by atoms with Crippen LogP contribution in [0, 0.1) is 11.8 Å². The second-order valence-electron chi connectivity index (χ2n) is 7.28. The maximum absolute atomic E-state index is 12.3. The van der Waals surface area contributed by atoms with E-state index < -0.39 is 0 Å². The largest absolute Gasteiger partial charge is 0.350 e. The summed E-state index contributed by atoms with van der Waals surface area (Å²) in [7, 11) is 0. The molecule has 0 atom stereocenters. The van der Waals surface area contributed by atoms with Crippen LogP contribution in [0.5, 0.6) is 0 Å². The molecule has 1 aliphatic heterocycles. The molecule has 0 aromatic carbocycles. The number of aromatic nitrogens is 1. The van der Waals surface area contributed by atoms with Gasteiger partial charge in [0.25, 0.3) is 0 Å². The van der Waals surface area contributed by atoms with E-state index in [9.17, 15) is 9.59 Å². The van der Waals surface area contributed by atoms with Crippen LogP contribution in [0.15, 0.2) is 5.38 Å². The van der Waals surface area contributed by atoms with Crippen molar-refractivity contribution in [1.82, 2.24) is 15.2 Å². The number of nitrogens with one attached hydrogen (secondary N) is 1. The number of carbonyl (C=O) groups excluding carboxylic acids is 2. The minimum absolute atomic E-state index is 0.000591. The molecule has 0 radical (unpaired) electrons. The molecule has 2 fully saturated rings. The molecule has 1 N–H and O–H groups in total. The Balaban J connectivity index is 1.48. The number of piperidine rings is 1. The Morgan fingerprint density at radius 1 is 1.29 bits per heavy atom. The number of hydrogen-bond donors (Lipinski definition) is 1. The van der Waals surface area contributed by atoms with Gasteiger partial charge in [0.1, 0.15) is 0 Å². The van der Waals surface area contributed by atoms with E-state index in [2.05, 4.69) is 10.2 Å². The lowest BCUT2D eigenvalue weighted by Gasteiger charge is -2.36. The zero-order valence-corrected chi connectivity index (χ0v) is 15.4. The lowest BCUT2D eigenvalue weighted by Crippen LogP contribution is -2.43. The van der Waals surface area contributed by atoms with Gasteiger partial charge >= 0.3 is 0 Å². The van der Waals surface area contributed by atoms with Crippen molar-refractivity contribution in [3.05, 3.63) is 16.1 Å². The Kier molecular flexibility index (Phi) is 5.54. The fourth-order valence-electron chi connectivity index (χ4n) is 3.23. The summed E-state index contributed by atoms with van der Waals surface area (Å²) in [6, 6.07) is 0.